The fourth-order valence-corrected chi connectivity index (χ4v) is 6.78. The third kappa shape index (κ3) is 8.07. The van der Waals surface area contributed by atoms with Gasteiger partial charge in [-0.25, -0.2) is 23.9 Å². The van der Waals surface area contributed by atoms with Crippen LogP contribution in [0.5, 0.6) is 5.88 Å². The number of nitrogens with one attached hydrogen (secondary N) is 2. The number of aryl methyl sites for hydroxylation is 1. The van der Waals surface area contributed by atoms with E-state index in [1.54, 1.807) is 34.6 Å². The van der Waals surface area contributed by atoms with E-state index in [1.807, 2.05) is 12.2 Å². The average molecular weight is 733 g/mol. The summed E-state index contributed by atoms with van der Waals surface area (Å²) in [4.78, 5) is 64.8. The molecule has 1 aliphatic carbocycles. The maximum Gasteiger partial charge on any atom is 0.408 e. The second-order valence-corrected chi connectivity index (χ2v) is 14.5. The lowest BCUT2D eigenvalue weighted by Crippen LogP contribution is -2.56. The molecule has 1 saturated heterocycles. The van der Waals surface area contributed by atoms with E-state index in [1.165, 1.54) is 17.0 Å². The Morgan fingerprint density at radius 1 is 1.19 bits per heavy atom. The molecule has 0 bridgehead atoms. The van der Waals surface area contributed by atoms with E-state index in [0.29, 0.717) is 34.9 Å². The highest BCUT2D eigenvalue weighted by atomic mass is 79.9. The number of fused-ring (bicyclic) bond motifs is 3. The van der Waals surface area contributed by atoms with Gasteiger partial charge >= 0.3 is 12.1 Å². The van der Waals surface area contributed by atoms with Crippen molar-refractivity contribution in [3.8, 4) is 5.88 Å². The normalized spacial score (nSPS) is 27.1. The summed E-state index contributed by atoms with van der Waals surface area (Å²) in [5.74, 6) is -2.12. The zero-order valence-electron chi connectivity index (χ0n) is 27.9. The number of hydrogen-bond donors (Lipinski definition) is 2. The number of esters is 1. The van der Waals surface area contributed by atoms with Crippen molar-refractivity contribution in [3.05, 3.63) is 40.3 Å². The average Bonchev–Trinajstić information content (AvgIpc) is 3.52. The molecular formula is C34H43BrFN5O7. The van der Waals surface area contributed by atoms with Crippen LogP contribution in [0.1, 0.15) is 78.3 Å². The van der Waals surface area contributed by atoms with E-state index in [4.69, 9.17) is 14.2 Å². The van der Waals surface area contributed by atoms with Crippen LogP contribution in [0.3, 0.4) is 0 Å². The van der Waals surface area contributed by atoms with Gasteiger partial charge in [0, 0.05) is 22.9 Å². The number of benzene rings is 1. The summed E-state index contributed by atoms with van der Waals surface area (Å²) >= 11 is 3.32. The lowest BCUT2D eigenvalue weighted by Gasteiger charge is -2.30. The number of amides is 3. The number of halogens is 2. The van der Waals surface area contributed by atoms with Crippen LogP contribution in [0.15, 0.2) is 28.8 Å². The van der Waals surface area contributed by atoms with Crippen molar-refractivity contribution in [2.24, 2.45) is 5.92 Å². The van der Waals surface area contributed by atoms with Gasteiger partial charge < -0.3 is 29.7 Å². The number of carbonyl (C=O) groups excluding carboxylic acids is 4. The number of rotatable bonds is 5. The number of ether oxygens (including phenoxy) is 3. The molecule has 0 unspecified atom stereocenters. The zero-order chi connectivity index (χ0) is 34.8. The van der Waals surface area contributed by atoms with E-state index < -0.39 is 59.0 Å². The SMILES string of the molecule is CCOC(=O)[C@@]12C[C@H]1/C=C\CCCCC[C@H](NC(=O)OC(C)(C)C)C(=O)N1C[C@H](Oc3nc4cc(F)cc(Br)c4nc3C)C[C@H]1C(=O)N2. The lowest BCUT2D eigenvalue weighted by molar-refractivity contribution is -0.150. The van der Waals surface area contributed by atoms with Gasteiger partial charge in [-0.2, -0.15) is 0 Å². The Bertz CT molecular complexity index is 1610. The van der Waals surface area contributed by atoms with Crippen LogP contribution in [0, 0.1) is 18.7 Å². The topological polar surface area (TPSA) is 149 Å². The van der Waals surface area contributed by atoms with Gasteiger partial charge in [0.2, 0.25) is 17.7 Å². The van der Waals surface area contributed by atoms with Gasteiger partial charge in [0.05, 0.1) is 18.7 Å². The van der Waals surface area contributed by atoms with Crippen LogP contribution in [-0.2, 0) is 23.9 Å². The first-order valence-corrected chi connectivity index (χ1v) is 17.3. The third-order valence-corrected chi connectivity index (χ3v) is 9.27. The minimum Gasteiger partial charge on any atom is -0.471 e. The van der Waals surface area contributed by atoms with Gasteiger partial charge in [0.25, 0.3) is 0 Å². The summed E-state index contributed by atoms with van der Waals surface area (Å²) in [5, 5.41) is 5.67. The van der Waals surface area contributed by atoms with Gasteiger partial charge in [0.15, 0.2) is 0 Å². The largest absolute Gasteiger partial charge is 0.471 e. The fraction of sp³-hybridized carbons (Fsp3) is 0.588. The van der Waals surface area contributed by atoms with Crippen molar-refractivity contribution < 1.29 is 37.8 Å². The van der Waals surface area contributed by atoms with E-state index in [9.17, 15) is 23.6 Å². The number of hydrogen-bond acceptors (Lipinski definition) is 9. The lowest BCUT2D eigenvalue weighted by atomic mass is 10.0. The highest BCUT2D eigenvalue weighted by Gasteiger charge is 2.62. The predicted octanol–water partition coefficient (Wildman–Crippen LogP) is 5.04. The second kappa shape index (κ2) is 14.4. The Kier molecular flexibility index (Phi) is 10.6. The molecule has 3 heterocycles. The van der Waals surface area contributed by atoms with Crippen molar-refractivity contribution >= 4 is 50.8 Å². The number of nitrogens with zero attached hydrogens (tertiary/aromatic N) is 3. The van der Waals surface area contributed by atoms with Crippen LogP contribution in [0.4, 0.5) is 9.18 Å². The van der Waals surface area contributed by atoms with Crippen LogP contribution < -0.4 is 15.4 Å². The molecule has 3 amide bonds. The van der Waals surface area contributed by atoms with Crippen LogP contribution >= 0.6 is 15.9 Å². The summed E-state index contributed by atoms with van der Waals surface area (Å²) in [7, 11) is 0. The van der Waals surface area contributed by atoms with Crippen molar-refractivity contribution in [1.29, 1.82) is 0 Å². The van der Waals surface area contributed by atoms with Gasteiger partial charge in [0.1, 0.15) is 46.4 Å². The van der Waals surface area contributed by atoms with Crippen LogP contribution in [-0.4, -0.2) is 81.2 Å². The minimum absolute atomic E-state index is 0.00877. The number of alkyl carbamates (subject to hydrolysis) is 1. The number of allylic oxidation sites excluding steroid dienone is 1. The van der Waals surface area contributed by atoms with Crippen molar-refractivity contribution in [3.63, 3.8) is 0 Å². The van der Waals surface area contributed by atoms with E-state index in [0.717, 1.165) is 19.3 Å². The second-order valence-electron chi connectivity index (χ2n) is 13.6. The summed E-state index contributed by atoms with van der Waals surface area (Å²) in [6.07, 6.45) is 6.40. The minimum atomic E-state index is -1.23. The molecular weight excluding hydrogens is 689 g/mol. The fourth-order valence-electron chi connectivity index (χ4n) is 6.27. The third-order valence-electron chi connectivity index (χ3n) is 8.67. The Balaban J connectivity index is 1.46. The molecule has 0 radical (unpaired) electrons. The first-order valence-electron chi connectivity index (χ1n) is 16.5. The molecule has 260 valence electrons. The molecule has 2 N–H and O–H groups in total. The van der Waals surface area contributed by atoms with Gasteiger partial charge in [-0.15, -0.1) is 0 Å². The Labute approximate surface area is 287 Å². The molecule has 2 fully saturated rings. The quantitative estimate of drug-likeness (QED) is 0.319. The molecule has 3 aliphatic rings. The van der Waals surface area contributed by atoms with Crippen molar-refractivity contribution in [2.45, 2.75) is 109 Å². The van der Waals surface area contributed by atoms with Crippen LogP contribution in [0.25, 0.3) is 11.0 Å². The highest BCUT2D eigenvalue weighted by molar-refractivity contribution is 9.10. The first-order chi connectivity index (χ1) is 22.7. The van der Waals surface area contributed by atoms with Gasteiger partial charge in [-0.05, 0) is 82.3 Å². The number of carbonyl (C=O) groups is 4. The zero-order valence-corrected chi connectivity index (χ0v) is 29.5. The first kappa shape index (κ1) is 35.5. The maximum absolute atomic E-state index is 14.3. The summed E-state index contributed by atoms with van der Waals surface area (Å²) in [6.45, 7) is 8.75. The monoisotopic (exact) mass is 731 g/mol. The predicted molar refractivity (Wildman–Crippen MR) is 177 cm³/mol. The van der Waals surface area contributed by atoms with Crippen molar-refractivity contribution in [1.82, 2.24) is 25.5 Å². The molecule has 1 saturated carbocycles. The van der Waals surface area contributed by atoms with Gasteiger partial charge in [-0.1, -0.05) is 25.0 Å². The molecule has 0 spiro atoms. The molecule has 1 aromatic heterocycles. The Hall–Kier alpha value is -3.81. The molecule has 12 nitrogen and oxygen atoms in total. The van der Waals surface area contributed by atoms with E-state index in [-0.39, 0.29) is 36.9 Å². The molecule has 48 heavy (non-hydrogen) atoms. The maximum atomic E-state index is 14.3. The van der Waals surface area contributed by atoms with E-state index >= 15 is 0 Å². The smallest absolute Gasteiger partial charge is 0.408 e. The highest BCUT2D eigenvalue weighted by Crippen LogP contribution is 2.46. The van der Waals surface area contributed by atoms with Gasteiger partial charge in [-0.3, -0.25) is 9.59 Å². The standard InChI is InChI=1S/C34H43BrFN5O7/c1-6-46-31(44)34-17-20(34)12-10-8-7-9-11-13-24(39-32(45)48-33(3,4)5)30(43)41-18-22(16-26(41)28(42)40-34)47-29-19(2)37-27-23(35)14-21(36)15-25(27)38-29/h10,12,14-15,20,22,24,26H,6-9,11,13,16-18H2,1-5H3,(H,39,45)(H,40,42)/b12-10-/t20-,22-,24+,26+,34-/m1/s1. The molecule has 2 aromatic rings. The van der Waals surface area contributed by atoms with Crippen LogP contribution in [0.2, 0.25) is 0 Å². The molecule has 5 atom stereocenters. The van der Waals surface area contributed by atoms with E-state index in [2.05, 4.69) is 36.5 Å². The summed E-state index contributed by atoms with van der Waals surface area (Å²) in [6, 6.07) is 0.545. The molecule has 5 rings (SSSR count). The Morgan fingerprint density at radius 3 is 2.69 bits per heavy atom. The Morgan fingerprint density at radius 2 is 1.96 bits per heavy atom. The number of aromatic nitrogens is 2. The molecule has 1 aromatic carbocycles. The molecule has 2 aliphatic heterocycles. The summed E-state index contributed by atoms with van der Waals surface area (Å²) in [5.41, 5.74) is -0.844. The van der Waals surface area contributed by atoms with Crippen molar-refractivity contribution in [2.75, 3.05) is 13.2 Å². The summed E-state index contributed by atoms with van der Waals surface area (Å²) < 4.78 is 31.7. The molecule has 14 heteroatoms.